The standard InChI is InChI=1S/C15H20O8/c1-7(11(16)20-5)22-13(18)9-10(15(9,3)4)14(19)23-8(2)12(17)21-6/h7-8H,1-6H3/t7-,8-/m0/s1. The average molecular weight is 328 g/mol. The van der Waals surface area contributed by atoms with E-state index >= 15 is 0 Å². The predicted molar refractivity (Wildman–Crippen MR) is 75.9 cm³/mol. The van der Waals surface area contributed by atoms with Gasteiger partial charge in [-0.1, -0.05) is 13.8 Å². The highest BCUT2D eigenvalue weighted by atomic mass is 16.6. The number of carbonyl (C=O) groups is 4. The molecule has 1 aliphatic rings. The summed E-state index contributed by atoms with van der Waals surface area (Å²) in [5.74, 6) is -3.02. The van der Waals surface area contributed by atoms with E-state index in [4.69, 9.17) is 9.47 Å². The lowest BCUT2D eigenvalue weighted by molar-refractivity contribution is -0.162. The highest BCUT2D eigenvalue weighted by Gasteiger charge is 2.55. The Labute approximate surface area is 133 Å². The van der Waals surface area contributed by atoms with Crippen molar-refractivity contribution in [1.82, 2.24) is 0 Å². The van der Waals surface area contributed by atoms with Crippen LogP contribution in [-0.2, 0) is 38.1 Å². The van der Waals surface area contributed by atoms with E-state index in [0.717, 1.165) is 0 Å². The van der Waals surface area contributed by atoms with Gasteiger partial charge in [0.1, 0.15) is 0 Å². The lowest BCUT2D eigenvalue weighted by Crippen LogP contribution is -2.25. The van der Waals surface area contributed by atoms with Crippen molar-refractivity contribution < 1.29 is 38.1 Å². The van der Waals surface area contributed by atoms with E-state index in [-0.39, 0.29) is 11.1 Å². The molecule has 0 fully saturated rings. The van der Waals surface area contributed by atoms with Gasteiger partial charge in [-0.3, -0.25) is 0 Å². The SMILES string of the molecule is COC(=O)[C@H](C)OC(=O)C1=C(C(=O)O[C@@H](C)C(=O)OC)C1(C)C. The van der Waals surface area contributed by atoms with Gasteiger partial charge in [0.05, 0.1) is 25.4 Å². The second kappa shape index (κ2) is 6.80. The van der Waals surface area contributed by atoms with Crippen LogP contribution in [0.1, 0.15) is 27.7 Å². The summed E-state index contributed by atoms with van der Waals surface area (Å²) >= 11 is 0. The Kier molecular flexibility index (Phi) is 5.52. The van der Waals surface area contributed by atoms with Gasteiger partial charge >= 0.3 is 23.9 Å². The molecule has 0 aromatic rings. The number of hydrogen-bond acceptors (Lipinski definition) is 8. The molecule has 0 bridgehead atoms. The van der Waals surface area contributed by atoms with E-state index < -0.39 is 41.5 Å². The van der Waals surface area contributed by atoms with Gasteiger partial charge in [0.2, 0.25) is 0 Å². The zero-order chi connectivity index (χ0) is 17.9. The Morgan fingerprint density at radius 1 is 0.783 bits per heavy atom. The zero-order valence-electron chi connectivity index (χ0n) is 13.9. The number of esters is 4. The Morgan fingerprint density at radius 2 is 1.09 bits per heavy atom. The average Bonchev–Trinajstić information content (AvgIpc) is 3.07. The van der Waals surface area contributed by atoms with Crippen molar-refractivity contribution in [1.29, 1.82) is 0 Å². The molecular weight excluding hydrogens is 308 g/mol. The van der Waals surface area contributed by atoms with Gasteiger partial charge in [-0.15, -0.1) is 0 Å². The fraction of sp³-hybridized carbons (Fsp3) is 0.600. The van der Waals surface area contributed by atoms with Crippen molar-refractivity contribution in [2.75, 3.05) is 14.2 Å². The largest absolute Gasteiger partial charge is 0.466 e. The number of hydrogen-bond donors (Lipinski definition) is 0. The number of rotatable bonds is 6. The van der Waals surface area contributed by atoms with Gasteiger partial charge in [-0.05, 0) is 13.8 Å². The van der Waals surface area contributed by atoms with Crippen molar-refractivity contribution in [2.45, 2.75) is 39.9 Å². The molecule has 0 N–H and O–H groups in total. The van der Waals surface area contributed by atoms with Gasteiger partial charge in [0, 0.05) is 5.41 Å². The molecule has 0 aromatic carbocycles. The summed E-state index contributed by atoms with van der Waals surface area (Å²) in [6.45, 7) is 5.98. The maximum absolute atomic E-state index is 12.1. The number of carbonyl (C=O) groups excluding carboxylic acids is 4. The van der Waals surface area contributed by atoms with Crippen LogP contribution in [0.5, 0.6) is 0 Å². The van der Waals surface area contributed by atoms with Crippen LogP contribution in [0.2, 0.25) is 0 Å². The summed E-state index contributed by atoms with van der Waals surface area (Å²) in [5, 5.41) is 0. The number of methoxy groups -OCH3 is 2. The first-order chi connectivity index (χ1) is 10.6. The van der Waals surface area contributed by atoms with E-state index in [2.05, 4.69) is 9.47 Å². The van der Waals surface area contributed by atoms with Crippen molar-refractivity contribution in [3.63, 3.8) is 0 Å². The molecule has 0 amide bonds. The van der Waals surface area contributed by atoms with Crippen LogP contribution in [0, 0.1) is 5.41 Å². The summed E-state index contributed by atoms with van der Waals surface area (Å²) in [4.78, 5) is 46.6. The third-order valence-corrected chi connectivity index (χ3v) is 3.48. The summed E-state index contributed by atoms with van der Waals surface area (Å²) in [6, 6.07) is 0. The summed E-state index contributed by atoms with van der Waals surface area (Å²) in [6.07, 6.45) is -2.19. The summed E-state index contributed by atoms with van der Waals surface area (Å²) in [5.41, 5.74) is -0.634. The molecule has 0 aromatic heterocycles. The van der Waals surface area contributed by atoms with Crippen molar-refractivity contribution in [3.05, 3.63) is 11.1 Å². The van der Waals surface area contributed by atoms with Crippen LogP contribution in [-0.4, -0.2) is 50.3 Å². The van der Waals surface area contributed by atoms with Gasteiger partial charge in [-0.2, -0.15) is 0 Å². The monoisotopic (exact) mass is 328 g/mol. The van der Waals surface area contributed by atoms with Gasteiger partial charge in [0.15, 0.2) is 12.2 Å². The molecule has 0 heterocycles. The Morgan fingerprint density at radius 3 is 1.35 bits per heavy atom. The zero-order valence-corrected chi connectivity index (χ0v) is 13.9. The predicted octanol–water partition coefficient (Wildman–Crippen LogP) is 0.532. The molecule has 8 nitrogen and oxygen atoms in total. The van der Waals surface area contributed by atoms with Crippen LogP contribution in [0.15, 0.2) is 11.1 Å². The first-order valence-corrected chi connectivity index (χ1v) is 6.90. The second-order valence-electron chi connectivity index (χ2n) is 5.52. The van der Waals surface area contributed by atoms with Crippen molar-refractivity contribution in [2.24, 2.45) is 5.41 Å². The van der Waals surface area contributed by atoms with Crippen LogP contribution in [0.25, 0.3) is 0 Å². The third kappa shape index (κ3) is 3.88. The fourth-order valence-electron chi connectivity index (χ4n) is 2.05. The molecule has 23 heavy (non-hydrogen) atoms. The summed E-state index contributed by atoms with van der Waals surface area (Å²) in [7, 11) is 2.34. The quantitative estimate of drug-likeness (QED) is 0.513. The van der Waals surface area contributed by atoms with Crippen LogP contribution < -0.4 is 0 Å². The van der Waals surface area contributed by atoms with Gasteiger partial charge < -0.3 is 18.9 Å². The minimum absolute atomic E-state index is 0.107. The fourth-order valence-corrected chi connectivity index (χ4v) is 2.05. The molecule has 0 unspecified atom stereocenters. The lowest BCUT2D eigenvalue weighted by atomic mass is 10.0. The molecule has 0 saturated heterocycles. The number of ether oxygens (including phenoxy) is 4. The van der Waals surface area contributed by atoms with E-state index in [0.29, 0.717) is 0 Å². The highest BCUT2D eigenvalue weighted by Crippen LogP contribution is 2.53. The van der Waals surface area contributed by atoms with Crippen molar-refractivity contribution >= 4 is 23.9 Å². The molecule has 1 aliphatic carbocycles. The minimum Gasteiger partial charge on any atom is -0.466 e. The Balaban J connectivity index is 2.81. The van der Waals surface area contributed by atoms with Crippen molar-refractivity contribution in [3.8, 4) is 0 Å². The van der Waals surface area contributed by atoms with Crippen LogP contribution in [0.3, 0.4) is 0 Å². The Hall–Kier alpha value is -2.38. The third-order valence-electron chi connectivity index (χ3n) is 3.48. The molecular formula is C15H20O8. The van der Waals surface area contributed by atoms with Crippen LogP contribution in [0.4, 0.5) is 0 Å². The van der Waals surface area contributed by atoms with E-state index in [1.165, 1.54) is 28.1 Å². The molecule has 1 rings (SSSR count). The molecule has 128 valence electrons. The van der Waals surface area contributed by atoms with E-state index in [1.807, 2.05) is 0 Å². The maximum atomic E-state index is 12.1. The van der Waals surface area contributed by atoms with Gasteiger partial charge in [-0.25, -0.2) is 19.2 Å². The molecule has 2 atom stereocenters. The van der Waals surface area contributed by atoms with E-state index in [9.17, 15) is 19.2 Å². The lowest BCUT2D eigenvalue weighted by Gasteiger charge is -2.11. The maximum Gasteiger partial charge on any atom is 0.346 e. The van der Waals surface area contributed by atoms with E-state index in [1.54, 1.807) is 13.8 Å². The first-order valence-electron chi connectivity index (χ1n) is 6.90. The first kappa shape index (κ1) is 18.7. The Bertz CT molecular complexity index is 524. The highest BCUT2D eigenvalue weighted by molar-refractivity contribution is 6.12. The second-order valence-corrected chi connectivity index (χ2v) is 5.52. The molecule has 0 saturated carbocycles. The summed E-state index contributed by atoms with van der Waals surface area (Å²) < 4.78 is 18.8. The smallest absolute Gasteiger partial charge is 0.346 e. The normalized spacial score (nSPS) is 17.7. The topological polar surface area (TPSA) is 105 Å². The molecule has 0 spiro atoms. The molecule has 0 aliphatic heterocycles. The van der Waals surface area contributed by atoms with Gasteiger partial charge in [0.25, 0.3) is 0 Å². The minimum atomic E-state index is -1.09. The van der Waals surface area contributed by atoms with Crippen LogP contribution >= 0.6 is 0 Å². The molecule has 0 radical (unpaired) electrons. The molecule has 8 heteroatoms.